The summed E-state index contributed by atoms with van der Waals surface area (Å²) in [4.78, 5) is 2.17. The summed E-state index contributed by atoms with van der Waals surface area (Å²) < 4.78 is 24.5. The number of halogens is 1. The molecule has 0 aromatic rings. The van der Waals surface area contributed by atoms with Gasteiger partial charge in [-0.2, -0.15) is 4.31 Å². The van der Waals surface area contributed by atoms with E-state index < -0.39 is 10.0 Å². The first-order valence-corrected chi connectivity index (χ1v) is 6.94. The van der Waals surface area contributed by atoms with Crippen molar-refractivity contribution in [2.24, 2.45) is 0 Å². The summed E-state index contributed by atoms with van der Waals surface area (Å²) in [5.74, 6) is 0. The third-order valence-corrected chi connectivity index (χ3v) is 5.58. The fourth-order valence-corrected chi connectivity index (χ4v) is 3.15. The normalized spacial score (nSPS) is 27.8. The lowest BCUT2D eigenvalue weighted by atomic mass is 10.2. The number of hydrogen-bond donors (Lipinski definition) is 0. The van der Waals surface area contributed by atoms with Crippen molar-refractivity contribution in [3.05, 3.63) is 0 Å². The summed E-state index contributed by atoms with van der Waals surface area (Å²) in [6, 6.07) is 0.308. The van der Waals surface area contributed by atoms with Gasteiger partial charge in [0.25, 0.3) is 0 Å². The van der Waals surface area contributed by atoms with Crippen LogP contribution in [0.15, 0.2) is 0 Å². The first-order chi connectivity index (χ1) is 5.97. The molecule has 0 radical (unpaired) electrons. The van der Waals surface area contributed by atoms with E-state index in [1.807, 2.05) is 14.0 Å². The molecule has 1 rings (SSSR count). The minimum absolute atomic E-state index is 0.0242. The Balaban J connectivity index is 2.66. The number of alkyl halides is 1. The number of likely N-dealkylation sites (N-methyl/N-ethyl adjacent to an activating group) is 1. The first kappa shape index (κ1) is 11.4. The van der Waals surface area contributed by atoms with E-state index in [1.165, 1.54) is 0 Å². The Hall–Kier alpha value is 0.350. The van der Waals surface area contributed by atoms with Crippen LogP contribution in [0.5, 0.6) is 0 Å². The quantitative estimate of drug-likeness (QED) is 0.678. The molecule has 78 valence electrons. The van der Waals surface area contributed by atoms with Gasteiger partial charge in [0.1, 0.15) is 4.66 Å². The molecule has 1 aliphatic heterocycles. The van der Waals surface area contributed by atoms with E-state index in [4.69, 9.17) is 0 Å². The van der Waals surface area contributed by atoms with Crippen LogP contribution in [0.25, 0.3) is 0 Å². The fourth-order valence-electron chi connectivity index (χ4n) is 1.34. The van der Waals surface area contributed by atoms with Crippen molar-refractivity contribution in [1.82, 2.24) is 9.21 Å². The summed E-state index contributed by atoms with van der Waals surface area (Å²) >= 11 is 3.00. The maximum atomic E-state index is 11.5. The molecular formula is C7H15BrN2O2S. The second kappa shape index (κ2) is 4.25. The third kappa shape index (κ3) is 2.65. The van der Waals surface area contributed by atoms with E-state index in [0.29, 0.717) is 19.1 Å². The Morgan fingerprint density at radius 1 is 1.46 bits per heavy atom. The monoisotopic (exact) mass is 270 g/mol. The number of piperazine rings is 1. The van der Waals surface area contributed by atoms with Crippen LogP contribution in [0.1, 0.15) is 6.92 Å². The Labute approximate surface area is 88.1 Å². The van der Waals surface area contributed by atoms with Crippen molar-refractivity contribution in [2.45, 2.75) is 13.0 Å². The van der Waals surface area contributed by atoms with Gasteiger partial charge in [0.05, 0.1) is 0 Å². The molecule has 1 atom stereocenters. The molecule has 1 aliphatic rings. The van der Waals surface area contributed by atoms with Gasteiger partial charge < -0.3 is 4.90 Å². The van der Waals surface area contributed by atoms with Crippen molar-refractivity contribution in [3.8, 4) is 0 Å². The van der Waals surface area contributed by atoms with Crippen molar-refractivity contribution in [3.63, 3.8) is 0 Å². The average Bonchev–Trinajstić information content (AvgIpc) is 2.09. The largest absolute Gasteiger partial charge is 0.301 e. The van der Waals surface area contributed by atoms with Crippen molar-refractivity contribution in [2.75, 3.05) is 31.3 Å². The summed E-state index contributed by atoms with van der Waals surface area (Å²) in [6.45, 7) is 4.06. The first-order valence-electron chi connectivity index (χ1n) is 4.21. The van der Waals surface area contributed by atoms with E-state index in [-0.39, 0.29) is 4.66 Å². The number of rotatable bonds is 2. The maximum absolute atomic E-state index is 11.5. The zero-order valence-electron chi connectivity index (χ0n) is 7.90. The molecule has 1 unspecified atom stereocenters. The zero-order valence-corrected chi connectivity index (χ0v) is 10.3. The van der Waals surface area contributed by atoms with Gasteiger partial charge in [-0.25, -0.2) is 8.42 Å². The molecule has 1 heterocycles. The van der Waals surface area contributed by atoms with Gasteiger partial charge in [-0.3, -0.25) is 0 Å². The lowest BCUT2D eigenvalue weighted by Gasteiger charge is -2.36. The fraction of sp³-hybridized carbons (Fsp3) is 1.00. The van der Waals surface area contributed by atoms with Gasteiger partial charge in [-0.15, -0.1) is 0 Å². The second-order valence-corrected chi connectivity index (χ2v) is 6.68. The van der Waals surface area contributed by atoms with Gasteiger partial charge in [-0.1, -0.05) is 15.9 Å². The SMILES string of the molecule is CC1CN(S(=O)(=O)CBr)CCN1C. The molecule has 0 saturated carbocycles. The molecule has 0 aliphatic carbocycles. The molecule has 0 amide bonds. The average molecular weight is 271 g/mol. The summed E-state index contributed by atoms with van der Waals surface area (Å²) in [5, 5.41) is 0. The van der Waals surface area contributed by atoms with Crippen molar-refractivity contribution >= 4 is 26.0 Å². The highest BCUT2D eigenvalue weighted by Crippen LogP contribution is 2.12. The van der Waals surface area contributed by atoms with Crippen LogP contribution < -0.4 is 0 Å². The van der Waals surface area contributed by atoms with Gasteiger partial charge in [0.15, 0.2) is 0 Å². The maximum Gasteiger partial charge on any atom is 0.224 e. The Morgan fingerprint density at radius 2 is 2.08 bits per heavy atom. The zero-order chi connectivity index (χ0) is 10.1. The predicted octanol–water partition coefficient (Wildman–Crippen LogP) is 0.305. The molecular weight excluding hydrogens is 256 g/mol. The molecule has 0 bridgehead atoms. The molecule has 13 heavy (non-hydrogen) atoms. The smallest absolute Gasteiger partial charge is 0.224 e. The van der Waals surface area contributed by atoms with Crippen molar-refractivity contribution in [1.29, 1.82) is 0 Å². The molecule has 0 N–H and O–H groups in total. The van der Waals surface area contributed by atoms with Gasteiger partial charge in [0, 0.05) is 25.7 Å². The number of sulfonamides is 1. The van der Waals surface area contributed by atoms with Crippen LogP contribution in [0.3, 0.4) is 0 Å². The molecule has 0 aromatic heterocycles. The van der Waals surface area contributed by atoms with Crippen molar-refractivity contribution < 1.29 is 8.42 Å². The molecule has 0 spiro atoms. The van der Waals surface area contributed by atoms with Crippen LogP contribution in [0.4, 0.5) is 0 Å². The van der Waals surface area contributed by atoms with Gasteiger partial charge in [0.2, 0.25) is 10.0 Å². The van der Waals surface area contributed by atoms with Crippen LogP contribution in [-0.4, -0.2) is 55.0 Å². The minimum atomic E-state index is -3.05. The summed E-state index contributed by atoms with van der Waals surface area (Å²) in [6.07, 6.45) is 0. The standard InChI is InChI=1S/C7H15BrN2O2S/c1-7-5-10(4-3-9(7)2)13(11,12)6-8/h7H,3-6H2,1-2H3. The Kier molecular flexibility index (Phi) is 3.73. The Bertz CT molecular complexity index is 268. The van der Waals surface area contributed by atoms with Gasteiger partial charge >= 0.3 is 0 Å². The van der Waals surface area contributed by atoms with E-state index in [0.717, 1.165) is 6.54 Å². The third-order valence-electron chi connectivity index (χ3n) is 2.45. The lowest BCUT2D eigenvalue weighted by Crippen LogP contribution is -2.52. The minimum Gasteiger partial charge on any atom is -0.301 e. The molecule has 1 fully saturated rings. The van der Waals surface area contributed by atoms with E-state index in [2.05, 4.69) is 20.8 Å². The van der Waals surface area contributed by atoms with Crippen LogP contribution in [0.2, 0.25) is 0 Å². The van der Waals surface area contributed by atoms with Crippen LogP contribution in [-0.2, 0) is 10.0 Å². The number of hydrogen-bond acceptors (Lipinski definition) is 3. The summed E-state index contributed by atoms with van der Waals surface area (Å²) in [5.41, 5.74) is 0. The number of nitrogens with zero attached hydrogens (tertiary/aromatic N) is 2. The second-order valence-electron chi connectivity index (χ2n) is 3.41. The van der Waals surface area contributed by atoms with Crippen LogP contribution >= 0.6 is 15.9 Å². The molecule has 6 heteroatoms. The van der Waals surface area contributed by atoms with E-state index in [1.54, 1.807) is 4.31 Å². The van der Waals surface area contributed by atoms with E-state index >= 15 is 0 Å². The highest BCUT2D eigenvalue weighted by molar-refractivity contribution is 9.10. The molecule has 1 saturated heterocycles. The predicted molar refractivity (Wildman–Crippen MR) is 56.4 cm³/mol. The molecule has 0 aromatic carbocycles. The van der Waals surface area contributed by atoms with E-state index in [9.17, 15) is 8.42 Å². The summed E-state index contributed by atoms with van der Waals surface area (Å²) in [7, 11) is -1.04. The topological polar surface area (TPSA) is 40.6 Å². The highest BCUT2D eigenvalue weighted by atomic mass is 79.9. The lowest BCUT2D eigenvalue weighted by molar-refractivity contribution is 0.160. The van der Waals surface area contributed by atoms with Crippen LogP contribution in [0, 0.1) is 0 Å². The highest BCUT2D eigenvalue weighted by Gasteiger charge is 2.28. The van der Waals surface area contributed by atoms with Gasteiger partial charge in [-0.05, 0) is 14.0 Å². The molecule has 4 nitrogen and oxygen atoms in total. The Morgan fingerprint density at radius 3 is 2.54 bits per heavy atom.